The summed E-state index contributed by atoms with van der Waals surface area (Å²) in [7, 11) is -9.89. The van der Waals surface area contributed by atoms with E-state index in [2.05, 4.69) is 41.5 Å². The molecule has 0 radical (unpaired) electrons. The average molecular weight is 1260 g/mol. The number of carbonyl (C=O) groups is 4. The molecule has 2 unspecified atom stereocenters. The number of hydrogen-bond donors (Lipinski definition) is 3. The largest absolute Gasteiger partial charge is 0.472 e. The molecule has 0 bridgehead atoms. The molecular weight excluding hydrogens is 1130 g/mol. The molecule has 0 saturated carbocycles. The molecular formula is C66H128O17P2. The van der Waals surface area contributed by atoms with E-state index >= 15 is 0 Å². The number of unbranched alkanes of at least 4 members (excludes halogenated alkanes) is 35. The molecule has 0 rings (SSSR count). The Bertz CT molecular complexity index is 1670. The van der Waals surface area contributed by atoms with Crippen LogP contribution in [0.15, 0.2) is 0 Å². The molecule has 0 aromatic heterocycles. The second-order valence-corrected chi connectivity index (χ2v) is 27.7. The van der Waals surface area contributed by atoms with Crippen molar-refractivity contribution in [2.45, 2.75) is 349 Å². The third-order valence-electron chi connectivity index (χ3n) is 15.2. The van der Waals surface area contributed by atoms with Crippen molar-refractivity contribution in [3.05, 3.63) is 0 Å². The first kappa shape index (κ1) is 83.1. The van der Waals surface area contributed by atoms with E-state index in [0.717, 1.165) is 102 Å². The lowest BCUT2D eigenvalue weighted by atomic mass is 10.0. The predicted molar refractivity (Wildman–Crippen MR) is 340 cm³/mol. The van der Waals surface area contributed by atoms with Crippen molar-refractivity contribution in [1.29, 1.82) is 0 Å². The van der Waals surface area contributed by atoms with Crippen LogP contribution in [0.4, 0.5) is 0 Å². The maximum atomic E-state index is 13.0. The van der Waals surface area contributed by atoms with E-state index in [-0.39, 0.29) is 25.7 Å². The molecule has 85 heavy (non-hydrogen) atoms. The predicted octanol–water partition coefficient (Wildman–Crippen LogP) is 18.4. The highest BCUT2D eigenvalue weighted by atomic mass is 31.2. The Morgan fingerprint density at radius 3 is 0.800 bits per heavy atom. The number of esters is 4. The van der Waals surface area contributed by atoms with Gasteiger partial charge in [0.2, 0.25) is 0 Å². The van der Waals surface area contributed by atoms with E-state index in [1.807, 2.05) is 0 Å². The van der Waals surface area contributed by atoms with Crippen LogP contribution in [0, 0.1) is 11.8 Å². The Hall–Kier alpha value is -1.94. The van der Waals surface area contributed by atoms with Crippen molar-refractivity contribution < 1.29 is 80.2 Å². The molecule has 0 amide bonds. The summed E-state index contributed by atoms with van der Waals surface area (Å²) in [6, 6.07) is 0. The number of ether oxygens (including phenoxy) is 4. The summed E-state index contributed by atoms with van der Waals surface area (Å²) >= 11 is 0. The second kappa shape index (κ2) is 58.4. The standard InChI is InChI=1S/C66H128O17P2/c1-7-9-11-13-15-17-25-31-38-44-50-65(70)82-61(54-76-63(68)48-42-36-30-23-16-14-12-10-8-2)56-80-84(72,73)78-52-60(67)53-79-85(74,75)81-57-62(55-77-64(69)49-43-37-33-27-29-35-41-47-59(5)6)83-66(71)51-45-39-32-26-22-20-18-19-21-24-28-34-40-46-58(3)4/h58-62,67H,7-57H2,1-6H3,(H,72,73)(H,74,75)/t60-,61+,62+/m0/s1. The molecule has 0 saturated heterocycles. The quantitative estimate of drug-likeness (QED) is 0.0222. The molecule has 0 aliphatic rings. The van der Waals surface area contributed by atoms with Gasteiger partial charge in [0.05, 0.1) is 26.4 Å². The maximum absolute atomic E-state index is 13.0. The maximum Gasteiger partial charge on any atom is 0.472 e. The van der Waals surface area contributed by atoms with E-state index in [1.165, 1.54) is 141 Å². The summed E-state index contributed by atoms with van der Waals surface area (Å²) < 4.78 is 68.0. The van der Waals surface area contributed by atoms with Gasteiger partial charge in [0, 0.05) is 25.7 Å². The van der Waals surface area contributed by atoms with Crippen LogP contribution >= 0.6 is 15.6 Å². The van der Waals surface area contributed by atoms with Crippen molar-refractivity contribution in [1.82, 2.24) is 0 Å². The van der Waals surface area contributed by atoms with Gasteiger partial charge in [-0.25, -0.2) is 9.13 Å². The number of aliphatic hydroxyl groups is 1. The van der Waals surface area contributed by atoms with Gasteiger partial charge in [-0.2, -0.15) is 0 Å². The highest BCUT2D eigenvalue weighted by molar-refractivity contribution is 7.47. The lowest BCUT2D eigenvalue weighted by Crippen LogP contribution is -2.30. The topological polar surface area (TPSA) is 237 Å². The Balaban J connectivity index is 5.21. The SMILES string of the molecule is CCCCCCCCCCCCC(=O)O[C@H](COC(=O)CCCCCCCCCCC)COP(=O)(O)OC[C@H](O)COP(=O)(O)OC[C@@H](COC(=O)CCCCCCCCCC(C)C)OC(=O)CCCCCCCCCCCCCCCC(C)C. The summed E-state index contributed by atoms with van der Waals surface area (Å²) in [5.74, 6) is -0.640. The summed E-state index contributed by atoms with van der Waals surface area (Å²) in [6.45, 7) is 9.45. The van der Waals surface area contributed by atoms with Crippen LogP contribution in [0.5, 0.6) is 0 Å². The van der Waals surface area contributed by atoms with Crippen LogP contribution in [-0.2, 0) is 65.4 Å². The molecule has 17 nitrogen and oxygen atoms in total. The van der Waals surface area contributed by atoms with Gasteiger partial charge in [0.15, 0.2) is 12.2 Å². The van der Waals surface area contributed by atoms with E-state index in [9.17, 15) is 43.2 Å². The number of hydrogen-bond acceptors (Lipinski definition) is 15. The minimum atomic E-state index is -4.95. The molecule has 0 aliphatic heterocycles. The lowest BCUT2D eigenvalue weighted by molar-refractivity contribution is -0.161. The van der Waals surface area contributed by atoms with Gasteiger partial charge < -0.3 is 33.8 Å². The number of phosphoric acid groups is 2. The smallest absolute Gasteiger partial charge is 0.462 e. The number of phosphoric ester groups is 2. The molecule has 0 fully saturated rings. The van der Waals surface area contributed by atoms with Crippen LogP contribution in [-0.4, -0.2) is 96.7 Å². The van der Waals surface area contributed by atoms with Crippen molar-refractivity contribution in [3.8, 4) is 0 Å². The highest BCUT2D eigenvalue weighted by Crippen LogP contribution is 2.45. The van der Waals surface area contributed by atoms with Gasteiger partial charge in [-0.15, -0.1) is 0 Å². The fourth-order valence-electron chi connectivity index (χ4n) is 9.88. The molecule has 0 aromatic rings. The summed E-state index contributed by atoms with van der Waals surface area (Å²) in [5, 5.41) is 10.5. The molecule has 0 aliphatic carbocycles. The first-order valence-electron chi connectivity index (χ1n) is 34.5. The minimum Gasteiger partial charge on any atom is -0.462 e. The average Bonchev–Trinajstić information content (AvgIpc) is 3.53. The molecule has 5 atom stereocenters. The van der Waals surface area contributed by atoms with Crippen molar-refractivity contribution in [2.24, 2.45) is 11.8 Å². The van der Waals surface area contributed by atoms with E-state index in [0.29, 0.717) is 31.6 Å². The molecule has 0 aromatic carbocycles. The molecule has 0 heterocycles. The first-order chi connectivity index (χ1) is 40.9. The van der Waals surface area contributed by atoms with Gasteiger partial charge in [-0.3, -0.25) is 37.3 Å². The van der Waals surface area contributed by atoms with Crippen LogP contribution in [0.25, 0.3) is 0 Å². The van der Waals surface area contributed by atoms with E-state index < -0.39 is 97.5 Å². The Morgan fingerprint density at radius 1 is 0.318 bits per heavy atom. The third kappa shape index (κ3) is 60.7. The molecule has 3 N–H and O–H groups in total. The molecule has 19 heteroatoms. The Labute approximate surface area is 517 Å². The summed E-state index contributed by atoms with van der Waals surface area (Å²) in [4.78, 5) is 72.2. The fourth-order valence-corrected chi connectivity index (χ4v) is 11.5. The zero-order chi connectivity index (χ0) is 62.9. The summed E-state index contributed by atoms with van der Waals surface area (Å²) in [5.41, 5.74) is 0. The van der Waals surface area contributed by atoms with Gasteiger partial charge >= 0.3 is 39.5 Å². The Morgan fingerprint density at radius 2 is 0.541 bits per heavy atom. The molecule has 504 valence electrons. The minimum absolute atomic E-state index is 0.106. The molecule has 0 spiro atoms. The van der Waals surface area contributed by atoms with Crippen LogP contribution < -0.4 is 0 Å². The third-order valence-corrected chi connectivity index (χ3v) is 17.1. The van der Waals surface area contributed by atoms with Crippen LogP contribution in [0.3, 0.4) is 0 Å². The van der Waals surface area contributed by atoms with Gasteiger partial charge in [0.25, 0.3) is 0 Å². The van der Waals surface area contributed by atoms with Crippen LogP contribution in [0.1, 0.15) is 330 Å². The van der Waals surface area contributed by atoms with Crippen molar-refractivity contribution in [2.75, 3.05) is 39.6 Å². The van der Waals surface area contributed by atoms with E-state index in [1.54, 1.807) is 0 Å². The van der Waals surface area contributed by atoms with Crippen molar-refractivity contribution in [3.63, 3.8) is 0 Å². The van der Waals surface area contributed by atoms with Gasteiger partial charge in [-0.1, -0.05) is 279 Å². The first-order valence-corrected chi connectivity index (χ1v) is 37.5. The summed E-state index contributed by atoms with van der Waals surface area (Å²) in [6.07, 6.45) is 41.7. The number of aliphatic hydroxyl groups excluding tert-OH is 1. The van der Waals surface area contributed by atoms with E-state index in [4.69, 9.17) is 37.0 Å². The van der Waals surface area contributed by atoms with Gasteiger partial charge in [0.1, 0.15) is 19.3 Å². The van der Waals surface area contributed by atoms with Crippen molar-refractivity contribution >= 4 is 39.5 Å². The lowest BCUT2D eigenvalue weighted by Gasteiger charge is -2.21. The Kier molecular flexibility index (Phi) is 57.1. The monoisotopic (exact) mass is 1250 g/mol. The fraction of sp³-hybridized carbons (Fsp3) is 0.939. The zero-order valence-corrected chi connectivity index (χ0v) is 56.7. The highest BCUT2D eigenvalue weighted by Gasteiger charge is 2.30. The number of carbonyl (C=O) groups excluding carboxylic acids is 4. The normalized spacial score (nSPS) is 14.2. The number of rotatable bonds is 65. The van der Waals surface area contributed by atoms with Crippen LogP contribution in [0.2, 0.25) is 0 Å². The second-order valence-electron chi connectivity index (χ2n) is 24.8. The van der Waals surface area contributed by atoms with Gasteiger partial charge in [-0.05, 0) is 37.5 Å². The zero-order valence-electron chi connectivity index (χ0n) is 54.9.